The normalized spacial score (nSPS) is 14.6. The first-order valence-electron chi connectivity index (χ1n) is 9.72. The lowest BCUT2D eigenvalue weighted by molar-refractivity contribution is 0.573. The fourth-order valence-electron chi connectivity index (χ4n) is 3.52. The SMILES string of the molecule is CN=C(NCc1ccnc(N2CCCCC2)c1)NCc1c(C)nn(C)c1C.I. The minimum atomic E-state index is 0. The third kappa shape index (κ3) is 5.59. The van der Waals surface area contributed by atoms with Gasteiger partial charge in [0.15, 0.2) is 5.96 Å². The molecule has 1 aliphatic rings. The van der Waals surface area contributed by atoms with Crippen molar-refractivity contribution in [2.75, 3.05) is 25.0 Å². The third-order valence-corrected chi connectivity index (χ3v) is 5.27. The number of anilines is 1. The number of piperidine rings is 1. The minimum Gasteiger partial charge on any atom is -0.357 e. The maximum Gasteiger partial charge on any atom is 0.191 e. The second kappa shape index (κ2) is 10.6. The summed E-state index contributed by atoms with van der Waals surface area (Å²) in [6.45, 7) is 7.77. The zero-order valence-corrected chi connectivity index (χ0v) is 19.7. The van der Waals surface area contributed by atoms with Gasteiger partial charge >= 0.3 is 0 Å². The Kier molecular flexibility index (Phi) is 8.53. The monoisotopic (exact) mass is 497 g/mol. The van der Waals surface area contributed by atoms with Crippen LogP contribution in [-0.4, -0.2) is 40.9 Å². The fourth-order valence-corrected chi connectivity index (χ4v) is 3.52. The van der Waals surface area contributed by atoms with E-state index in [0.29, 0.717) is 13.1 Å². The van der Waals surface area contributed by atoms with Crippen molar-refractivity contribution in [1.29, 1.82) is 0 Å². The Hall–Kier alpha value is -1.84. The lowest BCUT2D eigenvalue weighted by atomic mass is 10.1. The molecule has 0 radical (unpaired) electrons. The van der Waals surface area contributed by atoms with E-state index >= 15 is 0 Å². The first-order chi connectivity index (χ1) is 13.1. The van der Waals surface area contributed by atoms with Gasteiger partial charge in [-0.15, -0.1) is 24.0 Å². The molecule has 3 heterocycles. The van der Waals surface area contributed by atoms with Crippen LogP contribution in [-0.2, 0) is 20.1 Å². The number of hydrogen-bond donors (Lipinski definition) is 2. The summed E-state index contributed by atoms with van der Waals surface area (Å²) in [6.07, 6.45) is 5.75. The third-order valence-electron chi connectivity index (χ3n) is 5.27. The number of nitrogens with one attached hydrogen (secondary N) is 2. The number of hydrogen-bond acceptors (Lipinski definition) is 4. The molecule has 2 aromatic heterocycles. The highest BCUT2D eigenvalue weighted by Gasteiger charge is 2.13. The van der Waals surface area contributed by atoms with Gasteiger partial charge in [-0.05, 0) is 50.8 Å². The Balaban J connectivity index is 0.00000280. The summed E-state index contributed by atoms with van der Waals surface area (Å²) in [6, 6.07) is 4.24. The average molecular weight is 497 g/mol. The van der Waals surface area contributed by atoms with Gasteiger partial charge in [0.25, 0.3) is 0 Å². The van der Waals surface area contributed by atoms with Crippen LogP contribution < -0.4 is 15.5 Å². The van der Waals surface area contributed by atoms with Gasteiger partial charge in [0.1, 0.15) is 5.82 Å². The summed E-state index contributed by atoms with van der Waals surface area (Å²) in [5, 5.41) is 11.3. The van der Waals surface area contributed by atoms with Gasteiger partial charge in [-0.25, -0.2) is 4.98 Å². The molecular formula is C20H32IN7. The van der Waals surface area contributed by atoms with Crippen molar-refractivity contribution < 1.29 is 0 Å². The second-order valence-corrected chi connectivity index (χ2v) is 7.12. The lowest BCUT2D eigenvalue weighted by Crippen LogP contribution is -2.36. The molecule has 7 nitrogen and oxygen atoms in total. The van der Waals surface area contributed by atoms with Gasteiger partial charge in [-0.2, -0.15) is 5.10 Å². The molecule has 28 heavy (non-hydrogen) atoms. The molecule has 154 valence electrons. The Bertz CT molecular complexity index is 794. The molecule has 2 aromatic rings. The molecular weight excluding hydrogens is 465 g/mol. The van der Waals surface area contributed by atoms with Crippen molar-refractivity contribution in [2.45, 2.75) is 46.2 Å². The first kappa shape index (κ1) is 22.4. The number of aryl methyl sites for hydroxylation is 2. The largest absolute Gasteiger partial charge is 0.357 e. The maximum absolute atomic E-state index is 4.55. The van der Waals surface area contributed by atoms with E-state index in [1.54, 1.807) is 7.05 Å². The maximum atomic E-state index is 4.55. The van der Waals surface area contributed by atoms with Crippen molar-refractivity contribution in [1.82, 2.24) is 25.4 Å². The number of aliphatic imine (C=N–C) groups is 1. The molecule has 8 heteroatoms. The van der Waals surface area contributed by atoms with Gasteiger partial charge in [0.05, 0.1) is 5.69 Å². The van der Waals surface area contributed by atoms with Gasteiger partial charge in [0, 0.05) is 57.7 Å². The zero-order chi connectivity index (χ0) is 19.2. The minimum absolute atomic E-state index is 0. The molecule has 0 aliphatic carbocycles. The highest BCUT2D eigenvalue weighted by Crippen LogP contribution is 2.18. The van der Waals surface area contributed by atoms with E-state index in [9.17, 15) is 0 Å². The molecule has 0 amide bonds. The zero-order valence-electron chi connectivity index (χ0n) is 17.3. The molecule has 0 aromatic carbocycles. The van der Waals surface area contributed by atoms with Crippen molar-refractivity contribution in [3.63, 3.8) is 0 Å². The fraction of sp³-hybridized carbons (Fsp3) is 0.550. The van der Waals surface area contributed by atoms with Crippen LogP contribution in [0.2, 0.25) is 0 Å². The Morgan fingerprint density at radius 3 is 2.50 bits per heavy atom. The van der Waals surface area contributed by atoms with E-state index in [4.69, 9.17) is 0 Å². The van der Waals surface area contributed by atoms with Crippen LogP contribution in [0.1, 0.15) is 41.8 Å². The van der Waals surface area contributed by atoms with Gasteiger partial charge < -0.3 is 15.5 Å². The standard InChI is InChI=1S/C20H31N7.HI/c1-15-18(16(2)26(4)25-15)14-24-20(21-3)23-13-17-8-9-22-19(12-17)27-10-6-5-7-11-27;/h8-9,12H,5-7,10-11,13-14H2,1-4H3,(H2,21,23,24);1H. The highest BCUT2D eigenvalue weighted by molar-refractivity contribution is 14.0. The van der Waals surface area contributed by atoms with E-state index < -0.39 is 0 Å². The van der Waals surface area contributed by atoms with E-state index in [-0.39, 0.29) is 24.0 Å². The summed E-state index contributed by atoms with van der Waals surface area (Å²) in [7, 11) is 3.77. The quantitative estimate of drug-likeness (QED) is 0.378. The average Bonchev–Trinajstić information content (AvgIpc) is 2.94. The molecule has 1 saturated heterocycles. The van der Waals surface area contributed by atoms with E-state index in [2.05, 4.69) is 49.7 Å². The summed E-state index contributed by atoms with van der Waals surface area (Å²) in [4.78, 5) is 11.3. The summed E-state index contributed by atoms with van der Waals surface area (Å²) in [5.74, 6) is 1.87. The Morgan fingerprint density at radius 2 is 1.86 bits per heavy atom. The number of nitrogens with zero attached hydrogens (tertiary/aromatic N) is 5. The lowest BCUT2D eigenvalue weighted by Gasteiger charge is -2.28. The van der Waals surface area contributed by atoms with Crippen LogP contribution in [0, 0.1) is 13.8 Å². The molecule has 1 fully saturated rings. The number of aromatic nitrogens is 3. The molecule has 0 unspecified atom stereocenters. The van der Waals surface area contributed by atoms with Crippen molar-refractivity contribution in [3.05, 3.63) is 40.8 Å². The summed E-state index contributed by atoms with van der Waals surface area (Å²) >= 11 is 0. The molecule has 0 saturated carbocycles. The highest BCUT2D eigenvalue weighted by atomic mass is 127. The molecule has 2 N–H and O–H groups in total. The molecule has 1 aliphatic heterocycles. The topological polar surface area (TPSA) is 70.4 Å². The summed E-state index contributed by atoms with van der Waals surface area (Å²) < 4.78 is 1.92. The van der Waals surface area contributed by atoms with Crippen LogP contribution in [0.3, 0.4) is 0 Å². The predicted molar refractivity (Wildman–Crippen MR) is 125 cm³/mol. The number of rotatable bonds is 5. The van der Waals surface area contributed by atoms with Gasteiger partial charge in [-0.1, -0.05) is 0 Å². The van der Waals surface area contributed by atoms with Crippen molar-refractivity contribution in [2.24, 2.45) is 12.0 Å². The molecule has 0 bridgehead atoms. The van der Waals surface area contributed by atoms with Crippen LogP contribution in [0.25, 0.3) is 0 Å². The second-order valence-electron chi connectivity index (χ2n) is 7.12. The Morgan fingerprint density at radius 1 is 1.14 bits per heavy atom. The molecule has 0 atom stereocenters. The number of halogens is 1. The van der Waals surface area contributed by atoms with E-state index in [1.165, 1.54) is 36.1 Å². The number of pyridine rings is 1. The van der Waals surface area contributed by atoms with E-state index in [0.717, 1.165) is 30.6 Å². The van der Waals surface area contributed by atoms with Crippen LogP contribution in [0.4, 0.5) is 5.82 Å². The van der Waals surface area contributed by atoms with Gasteiger partial charge in [-0.3, -0.25) is 9.67 Å². The molecule has 0 spiro atoms. The van der Waals surface area contributed by atoms with Crippen LogP contribution in [0.5, 0.6) is 0 Å². The van der Waals surface area contributed by atoms with Crippen molar-refractivity contribution >= 4 is 35.8 Å². The van der Waals surface area contributed by atoms with Crippen LogP contribution in [0.15, 0.2) is 23.3 Å². The van der Waals surface area contributed by atoms with Gasteiger partial charge in [0.2, 0.25) is 0 Å². The summed E-state index contributed by atoms with van der Waals surface area (Å²) in [5.41, 5.74) is 4.66. The Labute approximate surface area is 185 Å². The smallest absolute Gasteiger partial charge is 0.191 e. The predicted octanol–water partition coefficient (Wildman–Crippen LogP) is 2.91. The molecule has 3 rings (SSSR count). The number of guanidine groups is 1. The first-order valence-corrected chi connectivity index (χ1v) is 9.72. The van der Waals surface area contributed by atoms with E-state index in [1.807, 2.05) is 24.9 Å². The van der Waals surface area contributed by atoms with Crippen molar-refractivity contribution in [3.8, 4) is 0 Å². The van der Waals surface area contributed by atoms with Crippen LogP contribution >= 0.6 is 24.0 Å².